The van der Waals surface area contributed by atoms with Crippen molar-refractivity contribution in [3.05, 3.63) is 29.8 Å². The normalized spacial score (nSPS) is 12.2. The fraction of sp³-hybridized carbons (Fsp3) is 0.333. The van der Waals surface area contributed by atoms with Gasteiger partial charge in [-0.2, -0.15) is 4.72 Å². The topological polar surface area (TPSA) is 121 Å². The molecule has 0 aromatic heterocycles. The van der Waals surface area contributed by atoms with Gasteiger partial charge in [-0.1, -0.05) is 17.7 Å². The van der Waals surface area contributed by atoms with E-state index in [-0.39, 0.29) is 40.9 Å². The van der Waals surface area contributed by atoms with Crippen molar-refractivity contribution in [2.24, 2.45) is 0 Å². The number of carboxylic acid groups (broad SMARTS) is 2. The fourth-order valence-electron chi connectivity index (χ4n) is 1.47. The van der Waals surface area contributed by atoms with Crippen molar-refractivity contribution >= 4 is 51.5 Å². The second-order valence-corrected chi connectivity index (χ2v) is 5.97. The van der Waals surface area contributed by atoms with Gasteiger partial charge in [-0.25, -0.2) is 8.42 Å². The van der Waals surface area contributed by atoms with Crippen LogP contribution in [-0.2, 0) is 19.6 Å². The van der Waals surface area contributed by atoms with Gasteiger partial charge >= 0.3 is 41.5 Å². The Hall–Kier alpha value is -0.930. The van der Waals surface area contributed by atoms with Crippen molar-refractivity contribution < 1.29 is 28.2 Å². The number of aryl methyl sites for hydroxylation is 1. The fourth-order valence-corrected chi connectivity index (χ4v) is 2.70. The number of hydrogen-bond donors (Lipinski definition) is 3. The Morgan fingerprint density at radius 1 is 1.19 bits per heavy atom. The molecule has 0 bridgehead atoms. The van der Waals surface area contributed by atoms with Gasteiger partial charge in [0, 0.05) is 6.42 Å². The first-order chi connectivity index (χ1) is 9.22. The third-order valence-corrected chi connectivity index (χ3v) is 4.06. The molecule has 0 fully saturated rings. The number of aliphatic carboxylic acids is 2. The van der Waals surface area contributed by atoms with E-state index in [0.717, 1.165) is 5.56 Å². The molecule has 112 valence electrons. The summed E-state index contributed by atoms with van der Waals surface area (Å²) in [6.45, 7) is 1.79. The molecular weight excluding hydrogens is 309 g/mol. The zero-order valence-electron chi connectivity index (χ0n) is 10.7. The summed E-state index contributed by atoms with van der Waals surface area (Å²) in [5.41, 5.74) is 0.865. The molecule has 1 aromatic carbocycles. The van der Waals surface area contributed by atoms with Crippen molar-refractivity contribution in [3.63, 3.8) is 0 Å². The average Bonchev–Trinajstić information content (AvgIpc) is 2.34. The molecule has 0 unspecified atom stereocenters. The first-order valence-corrected chi connectivity index (χ1v) is 7.24. The minimum absolute atomic E-state index is 0. The van der Waals surface area contributed by atoms with Crippen LogP contribution in [0.25, 0.3) is 0 Å². The molecule has 0 aliphatic rings. The molecule has 1 atom stereocenters. The molecule has 21 heavy (non-hydrogen) atoms. The summed E-state index contributed by atoms with van der Waals surface area (Å²) < 4.78 is 26.0. The Morgan fingerprint density at radius 3 is 2.14 bits per heavy atom. The first-order valence-electron chi connectivity index (χ1n) is 5.76. The van der Waals surface area contributed by atoms with Gasteiger partial charge in [-0.05, 0) is 25.5 Å². The molecule has 0 saturated heterocycles. The van der Waals surface area contributed by atoms with Crippen molar-refractivity contribution in [2.45, 2.75) is 30.7 Å². The van der Waals surface area contributed by atoms with Crippen molar-refractivity contribution in [1.82, 2.24) is 4.72 Å². The number of carboxylic acids is 2. The van der Waals surface area contributed by atoms with Crippen LogP contribution in [0.2, 0.25) is 0 Å². The van der Waals surface area contributed by atoms with E-state index in [2.05, 4.69) is 0 Å². The van der Waals surface area contributed by atoms with E-state index in [1.165, 1.54) is 12.1 Å². The Labute approximate surface area is 144 Å². The molecule has 0 heterocycles. The molecule has 0 aliphatic heterocycles. The number of rotatable bonds is 7. The predicted octanol–water partition coefficient (Wildman–Crippen LogP) is -0.0572. The molecule has 1 rings (SSSR count). The van der Waals surface area contributed by atoms with Crippen LogP contribution in [0.3, 0.4) is 0 Å². The van der Waals surface area contributed by atoms with E-state index in [9.17, 15) is 18.0 Å². The summed E-state index contributed by atoms with van der Waals surface area (Å²) in [5, 5.41) is 17.4. The molecule has 3 N–H and O–H groups in total. The Kier molecular flexibility index (Phi) is 8.12. The standard InChI is InChI=1S/C12H15NO6S.Na.H/c1-8-2-4-9(5-3-8)20(18,19)13-10(12(16)17)6-7-11(14)15;;/h2-5,10,13H,6-7H2,1H3,(H,14,15)(H,16,17);;/t10-;;/m0../s1. The van der Waals surface area contributed by atoms with Crippen LogP contribution < -0.4 is 4.72 Å². The molecule has 7 nitrogen and oxygen atoms in total. The van der Waals surface area contributed by atoms with Gasteiger partial charge in [0.2, 0.25) is 10.0 Å². The molecule has 0 radical (unpaired) electrons. The van der Waals surface area contributed by atoms with E-state index in [1.54, 1.807) is 19.1 Å². The van der Waals surface area contributed by atoms with Crippen molar-refractivity contribution in [1.29, 1.82) is 0 Å². The second-order valence-electron chi connectivity index (χ2n) is 4.26. The number of carbonyl (C=O) groups is 2. The van der Waals surface area contributed by atoms with E-state index in [0.29, 0.717) is 0 Å². The SMILES string of the molecule is Cc1ccc(S(=O)(=O)N[C@@H](CCC(=O)O)C(=O)O)cc1.[NaH]. The van der Waals surface area contributed by atoms with Gasteiger partial charge in [0.1, 0.15) is 6.04 Å². The average molecular weight is 325 g/mol. The maximum atomic E-state index is 12.0. The molecule has 0 aliphatic carbocycles. The van der Waals surface area contributed by atoms with Gasteiger partial charge in [0.25, 0.3) is 0 Å². The van der Waals surface area contributed by atoms with E-state index in [1.807, 2.05) is 4.72 Å². The maximum absolute atomic E-state index is 12.0. The van der Waals surface area contributed by atoms with E-state index < -0.39 is 34.4 Å². The zero-order valence-corrected chi connectivity index (χ0v) is 11.6. The summed E-state index contributed by atoms with van der Waals surface area (Å²) in [7, 11) is -3.99. The third kappa shape index (κ3) is 6.58. The number of sulfonamides is 1. The quantitative estimate of drug-likeness (QED) is 0.604. The van der Waals surface area contributed by atoms with Crippen LogP contribution in [-0.4, -0.2) is 66.2 Å². The van der Waals surface area contributed by atoms with Crippen LogP contribution in [0.15, 0.2) is 29.2 Å². The Bertz CT molecular complexity index is 599. The second kappa shape index (κ2) is 8.50. The van der Waals surface area contributed by atoms with E-state index in [4.69, 9.17) is 10.2 Å². The van der Waals surface area contributed by atoms with Crippen LogP contribution in [0, 0.1) is 6.92 Å². The molecule has 0 amide bonds. The Balaban J connectivity index is 0.00000400. The summed E-state index contributed by atoms with van der Waals surface area (Å²) in [5.74, 6) is -2.60. The van der Waals surface area contributed by atoms with Gasteiger partial charge in [0.05, 0.1) is 4.90 Å². The first kappa shape index (κ1) is 20.1. The van der Waals surface area contributed by atoms with Crippen LogP contribution in [0.5, 0.6) is 0 Å². The number of nitrogens with one attached hydrogen (secondary N) is 1. The van der Waals surface area contributed by atoms with E-state index >= 15 is 0 Å². The summed E-state index contributed by atoms with van der Waals surface area (Å²) in [6, 6.07) is 4.41. The molecule has 9 heteroatoms. The summed E-state index contributed by atoms with van der Waals surface area (Å²) in [4.78, 5) is 21.3. The predicted molar refractivity (Wildman–Crippen MR) is 76.9 cm³/mol. The molecule has 0 saturated carbocycles. The Morgan fingerprint density at radius 2 is 1.71 bits per heavy atom. The van der Waals surface area contributed by atoms with Crippen LogP contribution in [0.4, 0.5) is 0 Å². The molecule has 1 aromatic rings. The van der Waals surface area contributed by atoms with Gasteiger partial charge < -0.3 is 10.2 Å². The van der Waals surface area contributed by atoms with Crippen molar-refractivity contribution in [3.8, 4) is 0 Å². The molecule has 0 spiro atoms. The van der Waals surface area contributed by atoms with Crippen molar-refractivity contribution in [2.75, 3.05) is 0 Å². The minimum atomic E-state index is -3.99. The van der Waals surface area contributed by atoms with Gasteiger partial charge in [-0.3, -0.25) is 9.59 Å². The van der Waals surface area contributed by atoms with Crippen LogP contribution in [0.1, 0.15) is 18.4 Å². The summed E-state index contributed by atoms with van der Waals surface area (Å²) >= 11 is 0. The summed E-state index contributed by atoms with van der Waals surface area (Å²) in [6.07, 6.45) is -0.761. The third-order valence-electron chi connectivity index (χ3n) is 2.57. The van der Waals surface area contributed by atoms with Gasteiger partial charge in [0.15, 0.2) is 0 Å². The van der Waals surface area contributed by atoms with Gasteiger partial charge in [-0.15, -0.1) is 0 Å². The number of benzene rings is 1. The van der Waals surface area contributed by atoms with Crippen LogP contribution >= 0.6 is 0 Å². The monoisotopic (exact) mass is 325 g/mol. The zero-order chi connectivity index (χ0) is 15.3. The molecular formula is C12H16NNaO6S. The number of hydrogen-bond acceptors (Lipinski definition) is 4.